The Kier molecular flexibility index (Phi) is 6.35. The normalized spacial score (nSPS) is 22.3. The van der Waals surface area contributed by atoms with E-state index < -0.39 is 6.17 Å². The lowest BCUT2D eigenvalue weighted by atomic mass is 9.94. The molecule has 2 aromatic carbocycles. The molecule has 6 rings (SSSR count). The van der Waals surface area contributed by atoms with Crippen molar-refractivity contribution in [2.45, 2.75) is 38.4 Å². The second-order valence-corrected chi connectivity index (χ2v) is 10.5. The number of benzene rings is 2. The molecule has 4 heterocycles. The van der Waals surface area contributed by atoms with E-state index in [1.165, 1.54) is 12.1 Å². The number of hydrogen-bond donors (Lipinski definition) is 2. The van der Waals surface area contributed by atoms with E-state index >= 15 is 0 Å². The summed E-state index contributed by atoms with van der Waals surface area (Å²) >= 11 is 0. The van der Waals surface area contributed by atoms with Gasteiger partial charge in [0.2, 0.25) is 0 Å². The highest BCUT2D eigenvalue weighted by atomic mass is 19.1. The summed E-state index contributed by atoms with van der Waals surface area (Å²) in [6.45, 7) is 4.37. The van der Waals surface area contributed by atoms with Crippen LogP contribution < -0.4 is 5.32 Å². The Morgan fingerprint density at radius 3 is 2.76 bits per heavy atom. The molecule has 38 heavy (non-hydrogen) atoms. The lowest BCUT2D eigenvalue weighted by molar-refractivity contribution is -0.110. The standard InChI is InChI=1S/C30H30F2N4O2/c1-18-13-24(30(38)36-11-4-7-22(36)17-35-12-10-21(32)16-35)27(33-18)15-25-28-23(19-5-2-6-20(31)14-19)8-3-9-26(28)34-29(25)37/h2-3,5-6,8-9,13-15,21-22,33H,4,7,10-12,16-17H2,1H3,(H,34,37)/t21-,22+/m0/s1. The molecule has 196 valence electrons. The third kappa shape index (κ3) is 4.53. The highest BCUT2D eigenvalue weighted by molar-refractivity contribution is 6.36. The highest BCUT2D eigenvalue weighted by Gasteiger charge is 2.35. The van der Waals surface area contributed by atoms with E-state index in [4.69, 9.17) is 0 Å². The molecule has 3 aliphatic rings. The number of H-pyrrole nitrogens is 1. The molecule has 2 amide bonds. The number of aromatic nitrogens is 1. The number of carbonyl (C=O) groups is 2. The lowest BCUT2D eigenvalue weighted by Crippen LogP contribution is -2.42. The second-order valence-electron chi connectivity index (χ2n) is 10.5. The molecule has 8 heteroatoms. The number of nitrogens with zero attached hydrogens (tertiary/aromatic N) is 2. The molecule has 0 spiro atoms. The highest BCUT2D eigenvalue weighted by Crippen LogP contribution is 2.41. The van der Waals surface area contributed by atoms with Crippen LogP contribution in [0.4, 0.5) is 14.5 Å². The zero-order valence-corrected chi connectivity index (χ0v) is 21.3. The predicted octanol–water partition coefficient (Wildman–Crippen LogP) is 5.27. The number of likely N-dealkylation sites (tertiary alicyclic amines) is 2. The zero-order chi connectivity index (χ0) is 26.4. The van der Waals surface area contributed by atoms with Crippen LogP contribution in [0.2, 0.25) is 0 Å². The molecule has 0 aliphatic carbocycles. The van der Waals surface area contributed by atoms with Gasteiger partial charge in [-0.15, -0.1) is 0 Å². The summed E-state index contributed by atoms with van der Waals surface area (Å²) in [7, 11) is 0. The quantitative estimate of drug-likeness (QED) is 0.454. The van der Waals surface area contributed by atoms with Crippen LogP contribution in [0.25, 0.3) is 22.8 Å². The van der Waals surface area contributed by atoms with Crippen molar-refractivity contribution in [3.05, 3.63) is 76.9 Å². The molecule has 2 saturated heterocycles. The number of hydrogen-bond acceptors (Lipinski definition) is 3. The number of halogens is 2. The minimum absolute atomic E-state index is 0.0404. The molecule has 0 bridgehead atoms. The monoisotopic (exact) mass is 516 g/mol. The fourth-order valence-electron chi connectivity index (χ4n) is 6.03. The van der Waals surface area contributed by atoms with E-state index in [0.29, 0.717) is 59.7 Å². The van der Waals surface area contributed by atoms with Crippen LogP contribution in [0.1, 0.15) is 46.6 Å². The van der Waals surface area contributed by atoms with Gasteiger partial charge in [-0.3, -0.25) is 14.5 Å². The van der Waals surface area contributed by atoms with Crippen molar-refractivity contribution in [1.82, 2.24) is 14.8 Å². The molecule has 3 aromatic rings. The zero-order valence-electron chi connectivity index (χ0n) is 21.3. The number of amides is 2. The van der Waals surface area contributed by atoms with Gasteiger partial charge in [0, 0.05) is 49.2 Å². The van der Waals surface area contributed by atoms with Gasteiger partial charge in [-0.05, 0) is 67.7 Å². The van der Waals surface area contributed by atoms with Crippen molar-refractivity contribution in [2.75, 3.05) is 31.5 Å². The van der Waals surface area contributed by atoms with Crippen molar-refractivity contribution < 1.29 is 18.4 Å². The molecule has 2 atom stereocenters. The summed E-state index contributed by atoms with van der Waals surface area (Å²) in [6.07, 6.45) is 3.30. The molecule has 0 unspecified atom stereocenters. The number of aryl methyl sites for hydroxylation is 1. The first-order valence-electron chi connectivity index (χ1n) is 13.2. The Morgan fingerprint density at radius 1 is 1.13 bits per heavy atom. The lowest BCUT2D eigenvalue weighted by Gasteiger charge is -2.28. The number of fused-ring (bicyclic) bond motifs is 1. The van der Waals surface area contributed by atoms with E-state index in [0.717, 1.165) is 30.6 Å². The van der Waals surface area contributed by atoms with Crippen LogP contribution in [-0.4, -0.2) is 65.0 Å². The van der Waals surface area contributed by atoms with Crippen molar-refractivity contribution in [3.8, 4) is 11.1 Å². The van der Waals surface area contributed by atoms with E-state index in [9.17, 15) is 18.4 Å². The van der Waals surface area contributed by atoms with Crippen molar-refractivity contribution in [2.24, 2.45) is 0 Å². The fraction of sp³-hybridized carbons (Fsp3) is 0.333. The average molecular weight is 517 g/mol. The molecule has 1 aromatic heterocycles. The van der Waals surface area contributed by atoms with Gasteiger partial charge in [0.15, 0.2) is 0 Å². The maximum absolute atomic E-state index is 14.0. The molecular formula is C30H30F2N4O2. The maximum atomic E-state index is 14.0. The van der Waals surface area contributed by atoms with Gasteiger partial charge in [-0.25, -0.2) is 8.78 Å². The van der Waals surface area contributed by atoms with Gasteiger partial charge in [0.1, 0.15) is 12.0 Å². The second kappa shape index (κ2) is 9.83. The van der Waals surface area contributed by atoms with Gasteiger partial charge < -0.3 is 15.2 Å². The minimum atomic E-state index is -0.788. The molecule has 3 aliphatic heterocycles. The summed E-state index contributed by atoms with van der Waals surface area (Å²) < 4.78 is 27.8. The van der Waals surface area contributed by atoms with Crippen molar-refractivity contribution >= 4 is 29.2 Å². The Balaban J connectivity index is 1.34. The summed E-state index contributed by atoms with van der Waals surface area (Å²) in [5.74, 6) is -0.716. The van der Waals surface area contributed by atoms with E-state index in [1.54, 1.807) is 12.1 Å². The first-order valence-corrected chi connectivity index (χ1v) is 13.2. The molecule has 0 saturated carbocycles. The summed E-state index contributed by atoms with van der Waals surface area (Å²) in [4.78, 5) is 34.2. The molecule has 2 fully saturated rings. The minimum Gasteiger partial charge on any atom is -0.358 e. The SMILES string of the molecule is Cc1cc(C(=O)N2CCC[C@@H]2CN2CC[C@H](F)C2)c(C=C2C(=O)Nc3cccc(-c4cccc(F)c4)c32)[nH]1. The summed E-state index contributed by atoms with van der Waals surface area (Å²) in [5, 5.41) is 2.91. The molecular weight excluding hydrogens is 486 g/mol. The maximum Gasteiger partial charge on any atom is 0.256 e. The van der Waals surface area contributed by atoms with Crippen LogP contribution in [0.5, 0.6) is 0 Å². The fourth-order valence-corrected chi connectivity index (χ4v) is 6.03. The number of rotatable bonds is 5. The number of aromatic amines is 1. The number of nitrogens with one attached hydrogen (secondary N) is 2. The van der Waals surface area contributed by atoms with Crippen LogP contribution in [0.15, 0.2) is 48.5 Å². The van der Waals surface area contributed by atoms with Gasteiger partial charge >= 0.3 is 0 Å². The van der Waals surface area contributed by atoms with Crippen molar-refractivity contribution in [3.63, 3.8) is 0 Å². The summed E-state index contributed by atoms with van der Waals surface area (Å²) in [6, 6.07) is 13.7. The first-order chi connectivity index (χ1) is 18.4. The van der Waals surface area contributed by atoms with E-state index in [1.807, 2.05) is 42.2 Å². The Labute approximate surface area is 220 Å². The number of anilines is 1. The van der Waals surface area contributed by atoms with E-state index in [2.05, 4.69) is 15.2 Å². The molecule has 2 N–H and O–H groups in total. The molecule has 6 nitrogen and oxygen atoms in total. The first kappa shape index (κ1) is 24.6. The Morgan fingerprint density at radius 2 is 1.97 bits per heavy atom. The third-order valence-electron chi connectivity index (χ3n) is 7.79. The number of carbonyl (C=O) groups excluding carboxylic acids is 2. The topological polar surface area (TPSA) is 68.4 Å². The van der Waals surface area contributed by atoms with Gasteiger partial charge in [0.05, 0.1) is 16.8 Å². The van der Waals surface area contributed by atoms with Crippen LogP contribution >= 0.6 is 0 Å². The van der Waals surface area contributed by atoms with Crippen LogP contribution in [-0.2, 0) is 4.79 Å². The van der Waals surface area contributed by atoms with Gasteiger partial charge in [0.25, 0.3) is 11.8 Å². The third-order valence-corrected chi connectivity index (χ3v) is 7.79. The smallest absolute Gasteiger partial charge is 0.256 e. The predicted molar refractivity (Wildman–Crippen MR) is 144 cm³/mol. The number of alkyl halides is 1. The van der Waals surface area contributed by atoms with Crippen molar-refractivity contribution in [1.29, 1.82) is 0 Å². The summed E-state index contributed by atoms with van der Waals surface area (Å²) in [5.41, 5.74) is 5.04. The Hall–Kier alpha value is -3.78. The van der Waals surface area contributed by atoms with Crippen LogP contribution in [0.3, 0.4) is 0 Å². The van der Waals surface area contributed by atoms with Gasteiger partial charge in [-0.2, -0.15) is 0 Å². The average Bonchev–Trinajstić information content (AvgIpc) is 3.67. The largest absolute Gasteiger partial charge is 0.358 e. The van der Waals surface area contributed by atoms with E-state index in [-0.39, 0.29) is 23.7 Å². The molecule has 0 radical (unpaired) electrons. The Bertz CT molecular complexity index is 1450. The van der Waals surface area contributed by atoms with Gasteiger partial charge in [-0.1, -0.05) is 24.3 Å². The van der Waals surface area contributed by atoms with Crippen LogP contribution in [0, 0.1) is 12.7 Å².